The van der Waals surface area contributed by atoms with Crippen LogP contribution in [0, 0.1) is 5.92 Å². The zero-order chi connectivity index (χ0) is 20.3. The van der Waals surface area contributed by atoms with Gasteiger partial charge in [0, 0.05) is 10.6 Å². The Balaban J connectivity index is 1.31. The fraction of sp³-hybridized carbons (Fsp3) is 0.458. The Kier molecular flexibility index (Phi) is 6.38. The molecule has 29 heavy (non-hydrogen) atoms. The second-order valence-corrected chi connectivity index (χ2v) is 9.25. The molecule has 0 amide bonds. The number of hydrogen-bond donors (Lipinski definition) is 0. The molecule has 0 atom stereocenters. The van der Waals surface area contributed by atoms with E-state index in [2.05, 4.69) is 36.1 Å². The largest absolute Gasteiger partial charge is 0.401 e. The van der Waals surface area contributed by atoms with Crippen molar-refractivity contribution < 1.29 is 13.2 Å². The number of rotatable bonds is 5. The Morgan fingerprint density at radius 2 is 1.93 bits per heavy atom. The van der Waals surface area contributed by atoms with Crippen LogP contribution >= 0.6 is 11.8 Å². The fourth-order valence-electron chi connectivity index (χ4n) is 4.29. The average Bonchev–Trinajstić information content (AvgIpc) is 3.03. The number of nitrogens with zero attached hydrogens (tertiary/aromatic N) is 1. The highest BCUT2D eigenvalue weighted by molar-refractivity contribution is 7.99. The van der Waals surface area contributed by atoms with Crippen LogP contribution in [0.5, 0.6) is 0 Å². The molecule has 1 nitrogen and oxygen atoms in total. The maximum absolute atomic E-state index is 12.5. The summed E-state index contributed by atoms with van der Waals surface area (Å²) >= 11 is 1.93. The van der Waals surface area contributed by atoms with Crippen molar-refractivity contribution in [2.75, 3.05) is 25.4 Å². The van der Waals surface area contributed by atoms with Crippen LogP contribution in [-0.2, 0) is 6.42 Å². The van der Waals surface area contributed by atoms with Crippen LogP contribution in [0.4, 0.5) is 13.2 Å². The normalized spacial score (nSPS) is 20.4. The van der Waals surface area contributed by atoms with Gasteiger partial charge in [0.15, 0.2) is 0 Å². The van der Waals surface area contributed by atoms with E-state index in [4.69, 9.17) is 0 Å². The molecule has 1 aromatic carbocycles. The van der Waals surface area contributed by atoms with E-state index in [0.717, 1.165) is 32.1 Å². The van der Waals surface area contributed by atoms with Crippen LogP contribution in [0.15, 0.2) is 58.7 Å². The number of thioether (sulfide) groups is 1. The maximum atomic E-state index is 12.5. The summed E-state index contributed by atoms with van der Waals surface area (Å²) in [5.41, 5.74) is 8.41. The van der Waals surface area contributed by atoms with E-state index >= 15 is 0 Å². The summed E-state index contributed by atoms with van der Waals surface area (Å²) in [5.74, 6) is 1.69. The van der Waals surface area contributed by atoms with Gasteiger partial charge in [-0.05, 0) is 97.7 Å². The van der Waals surface area contributed by atoms with Gasteiger partial charge in [0.2, 0.25) is 0 Å². The SMILES string of the molecule is FC(F)(F)CN1CCC(CCC2=CC=C(c3ccc4c(c3)CCS4)C=C=C2)CC1. The average molecular weight is 418 g/mol. The molecule has 0 spiro atoms. The third-order valence-corrected chi connectivity index (χ3v) is 7.08. The van der Waals surface area contributed by atoms with Crippen LogP contribution in [0.2, 0.25) is 0 Å². The van der Waals surface area contributed by atoms with Crippen molar-refractivity contribution in [1.82, 2.24) is 4.90 Å². The molecule has 0 saturated carbocycles. The lowest BCUT2D eigenvalue weighted by Gasteiger charge is -2.32. The van der Waals surface area contributed by atoms with Gasteiger partial charge in [-0.25, -0.2) is 0 Å². The molecule has 0 radical (unpaired) electrons. The Labute approximate surface area is 175 Å². The lowest BCUT2D eigenvalue weighted by atomic mass is 9.90. The second-order valence-electron chi connectivity index (χ2n) is 8.11. The molecular formula is C24H26F3NS. The van der Waals surface area contributed by atoms with E-state index in [-0.39, 0.29) is 0 Å². The molecule has 2 heterocycles. The number of hydrogen-bond acceptors (Lipinski definition) is 2. The molecule has 5 heteroatoms. The Bertz CT molecular complexity index is 867. The molecule has 0 N–H and O–H groups in total. The molecule has 1 saturated heterocycles. The molecule has 1 fully saturated rings. The molecule has 154 valence electrons. The third-order valence-electron chi connectivity index (χ3n) is 5.96. The van der Waals surface area contributed by atoms with Crippen LogP contribution in [0.25, 0.3) is 5.57 Å². The number of alkyl halides is 3. The van der Waals surface area contributed by atoms with E-state index < -0.39 is 12.7 Å². The van der Waals surface area contributed by atoms with E-state index in [9.17, 15) is 13.2 Å². The Morgan fingerprint density at radius 3 is 2.72 bits per heavy atom. The van der Waals surface area contributed by atoms with Crippen molar-refractivity contribution in [2.24, 2.45) is 5.92 Å². The van der Waals surface area contributed by atoms with E-state index in [0.29, 0.717) is 19.0 Å². The number of likely N-dealkylation sites (tertiary alicyclic amines) is 1. The van der Waals surface area contributed by atoms with Gasteiger partial charge in [0.25, 0.3) is 0 Å². The van der Waals surface area contributed by atoms with Gasteiger partial charge < -0.3 is 0 Å². The highest BCUT2D eigenvalue weighted by atomic mass is 32.2. The molecule has 1 aliphatic carbocycles. The molecule has 1 aromatic rings. The molecule has 0 unspecified atom stereocenters. The van der Waals surface area contributed by atoms with Gasteiger partial charge in [-0.1, -0.05) is 18.2 Å². The first-order chi connectivity index (χ1) is 14.0. The predicted octanol–water partition coefficient (Wildman–Crippen LogP) is 6.42. The summed E-state index contributed by atoms with van der Waals surface area (Å²) < 4.78 is 37.5. The quantitative estimate of drug-likeness (QED) is 0.508. The first-order valence-electron chi connectivity index (χ1n) is 10.3. The number of halogens is 3. The van der Waals surface area contributed by atoms with Gasteiger partial charge in [-0.15, -0.1) is 17.5 Å². The summed E-state index contributed by atoms with van der Waals surface area (Å²) in [4.78, 5) is 2.94. The minimum atomic E-state index is -4.09. The maximum Gasteiger partial charge on any atom is 0.401 e. The predicted molar refractivity (Wildman–Crippen MR) is 114 cm³/mol. The minimum Gasteiger partial charge on any atom is -0.295 e. The summed E-state index contributed by atoms with van der Waals surface area (Å²) in [6, 6.07) is 6.71. The van der Waals surface area contributed by atoms with Gasteiger partial charge >= 0.3 is 6.18 Å². The fourth-order valence-corrected chi connectivity index (χ4v) is 5.34. The summed E-state index contributed by atoms with van der Waals surface area (Å²) in [6.45, 7) is 0.340. The summed E-state index contributed by atoms with van der Waals surface area (Å²) in [5, 5.41) is 0. The van der Waals surface area contributed by atoms with Gasteiger partial charge in [0.05, 0.1) is 6.54 Å². The minimum absolute atomic E-state index is 0.513. The summed E-state index contributed by atoms with van der Waals surface area (Å²) in [7, 11) is 0. The summed E-state index contributed by atoms with van der Waals surface area (Å²) in [6.07, 6.45) is 9.19. The molecular weight excluding hydrogens is 391 g/mol. The Morgan fingerprint density at radius 1 is 1.10 bits per heavy atom. The van der Waals surface area contributed by atoms with E-state index in [1.54, 1.807) is 0 Å². The number of aryl methyl sites for hydroxylation is 1. The second kappa shape index (κ2) is 8.99. The highest BCUT2D eigenvalue weighted by Crippen LogP contribution is 2.34. The molecule has 0 bridgehead atoms. The first-order valence-corrected chi connectivity index (χ1v) is 11.3. The van der Waals surface area contributed by atoms with E-state index in [1.165, 1.54) is 37.8 Å². The number of allylic oxidation sites excluding steroid dienone is 5. The number of fused-ring (bicyclic) bond motifs is 1. The smallest absolute Gasteiger partial charge is 0.295 e. The number of benzene rings is 1. The van der Waals surface area contributed by atoms with Crippen molar-refractivity contribution in [3.8, 4) is 0 Å². The van der Waals surface area contributed by atoms with Gasteiger partial charge in [-0.2, -0.15) is 13.2 Å². The number of piperidine rings is 1. The molecule has 3 aliphatic rings. The first kappa shape index (κ1) is 20.6. The van der Waals surface area contributed by atoms with Crippen LogP contribution in [-0.4, -0.2) is 36.5 Å². The standard InChI is InChI=1S/C24H26F3NS/c25-24(26,27)17-28-13-10-19(11-14-28)5-4-18-2-1-3-20(7-6-18)21-8-9-23-22(16-21)12-15-29-23/h2-3,6-9,16,19H,4-5,10-15,17H2. The van der Waals surface area contributed by atoms with Gasteiger partial charge in [0.1, 0.15) is 0 Å². The zero-order valence-corrected chi connectivity index (χ0v) is 17.3. The zero-order valence-electron chi connectivity index (χ0n) is 16.5. The lowest BCUT2D eigenvalue weighted by molar-refractivity contribution is -0.148. The van der Waals surface area contributed by atoms with E-state index in [1.807, 2.05) is 23.9 Å². The molecule has 2 aliphatic heterocycles. The molecule has 4 rings (SSSR count). The lowest BCUT2D eigenvalue weighted by Crippen LogP contribution is -2.40. The molecule has 0 aromatic heterocycles. The van der Waals surface area contributed by atoms with Crippen molar-refractivity contribution in [3.05, 3.63) is 64.9 Å². The third kappa shape index (κ3) is 5.69. The van der Waals surface area contributed by atoms with Crippen molar-refractivity contribution >= 4 is 17.3 Å². The highest BCUT2D eigenvalue weighted by Gasteiger charge is 2.32. The van der Waals surface area contributed by atoms with Crippen LogP contribution in [0.1, 0.15) is 36.8 Å². The van der Waals surface area contributed by atoms with Crippen molar-refractivity contribution in [3.63, 3.8) is 0 Å². The Hall–Kier alpha value is -1.68. The monoisotopic (exact) mass is 417 g/mol. The van der Waals surface area contributed by atoms with Crippen molar-refractivity contribution in [2.45, 2.75) is 43.2 Å². The van der Waals surface area contributed by atoms with Crippen LogP contribution < -0.4 is 0 Å². The van der Waals surface area contributed by atoms with Crippen LogP contribution in [0.3, 0.4) is 0 Å². The van der Waals surface area contributed by atoms with Gasteiger partial charge in [-0.3, -0.25) is 4.90 Å². The topological polar surface area (TPSA) is 3.24 Å². The van der Waals surface area contributed by atoms with Crippen molar-refractivity contribution in [1.29, 1.82) is 0 Å².